The molecule has 0 aromatic carbocycles. The molecule has 2 atom stereocenters. The Hall–Kier alpha value is -1.56. The average Bonchev–Trinajstić information content (AvgIpc) is 2.97. The fourth-order valence-electron chi connectivity index (χ4n) is 4.46. The van der Waals surface area contributed by atoms with Crippen molar-refractivity contribution in [1.82, 2.24) is 15.5 Å². The Kier molecular flexibility index (Phi) is 4.71. The number of nitrogens with one attached hydrogen (secondary N) is 2. The van der Waals surface area contributed by atoms with E-state index in [0.717, 1.165) is 38.8 Å². The molecule has 1 spiro atoms. The Morgan fingerprint density at radius 1 is 1.28 bits per heavy atom. The molecule has 0 unspecified atom stereocenters. The molecule has 2 heterocycles. The molecule has 6 heteroatoms. The topological polar surface area (TPSA) is 61.4 Å². The lowest BCUT2D eigenvalue weighted by Crippen LogP contribution is -2.44. The number of nitrogens with zero attached hydrogens (tertiary/aromatic N) is 1. The minimum atomic E-state index is 0.0451. The second kappa shape index (κ2) is 6.98. The zero-order valence-corrected chi connectivity index (χ0v) is 15.4. The summed E-state index contributed by atoms with van der Waals surface area (Å²) < 4.78 is 0. The van der Waals surface area contributed by atoms with Crippen LogP contribution >= 0.6 is 11.3 Å². The van der Waals surface area contributed by atoms with Gasteiger partial charge in [0.05, 0.1) is 6.54 Å². The van der Waals surface area contributed by atoms with Crippen LogP contribution in [0.5, 0.6) is 0 Å². The predicted molar refractivity (Wildman–Crippen MR) is 98.3 cm³/mol. The average molecular weight is 362 g/mol. The third kappa shape index (κ3) is 3.68. The summed E-state index contributed by atoms with van der Waals surface area (Å²) in [7, 11) is 0. The third-order valence-electron chi connectivity index (χ3n) is 6.13. The van der Waals surface area contributed by atoms with Crippen LogP contribution in [0.1, 0.15) is 49.8 Å². The van der Waals surface area contributed by atoms with E-state index in [1.165, 1.54) is 24.1 Å². The molecule has 2 aliphatic carbocycles. The number of carbonyl (C=O) groups excluding carboxylic acids is 2. The van der Waals surface area contributed by atoms with Gasteiger partial charge >= 0.3 is 6.03 Å². The highest BCUT2D eigenvalue weighted by Crippen LogP contribution is 2.58. The maximum Gasteiger partial charge on any atom is 0.317 e. The first-order valence-electron chi connectivity index (χ1n) is 9.52. The molecular weight excluding hydrogens is 334 g/mol. The van der Waals surface area contributed by atoms with Crippen molar-refractivity contribution in [1.29, 1.82) is 0 Å². The van der Waals surface area contributed by atoms with Gasteiger partial charge in [0.1, 0.15) is 0 Å². The first-order valence-corrected chi connectivity index (χ1v) is 10.4. The molecular formula is C19H27N3O2S. The van der Waals surface area contributed by atoms with Crippen molar-refractivity contribution < 1.29 is 9.59 Å². The van der Waals surface area contributed by atoms with Crippen molar-refractivity contribution in [2.75, 3.05) is 13.1 Å². The zero-order valence-electron chi connectivity index (χ0n) is 14.6. The van der Waals surface area contributed by atoms with E-state index < -0.39 is 0 Å². The second-order valence-electron chi connectivity index (χ2n) is 7.87. The molecule has 136 valence electrons. The number of carbonyl (C=O) groups is 2. The Morgan fingerprint density at radius 2 is 2.12 bits per heavy atom. The molecule has 25 heavy (non-hydrogen) atoms. The van der Waals surface area contributed by atoms with Crippen LogP contribution in [0, 0.1) is 11.3 Å². The highest BCUT2D eigenvalue weighted by molar-refractivity contribution is 7.09. The van der Waals surface area contributed by atoms with Crippen molar-refractivity contribution in [2.24, 2.45) is 11.3 Å². The number of urea groups is 1. The Morgan fingerprint density at radius 3 is 2.88 bits per heavy atom. The Balaban J connectivity index is 1.24. The summed E-state index contributed by atoms with van der Waals surface area (Å²) in [6.07, 6.45) is 7.85. The largest absolute Gasteiger partial charge is 0.351 e. The maximum atomic E-state index is 12.5. The first-order chi connectivity index (χ1) is 12.2. The summed E-state index contributed by atoms with van der Waals surface area (Å²) in [6, 6.07) is 4.47. The molecule has 3 aliphatic rings. The summed E-state index contributed by atoms with van der Waals surface area (Å²) in [5.41, 5.74) is 0.0451. The molecule has 3 fully saturated rings. The van der Waals surface area contributed by atoms with Crippen LogP contribution in [-0.2, 0) is 11.3 Å². The van der Waals surface area contributed by atoms with Crippen LogP contribution in [0.2, 0.25) is 0 Å². The SMILES string of the molecule is O=C(NCc1cccs1)[C@H]1C[C@]12CCN(C(=O)NC1CCCCC1)C2. The van der Waals surface area contributed by atoms with Crippen molar-refractivity contribution in [3.8, 4) is 0 Å². The van der Waals surface area contributed by atoms with Crippen molar-refractivity contribution in [2.45, 2.75) is 57.5 Å². The number of rotatable bonds is 4. The van der Waals surface area contributed by atoms with Crippen molar-refractivity contribution in [3.63, 3.8) is 0 Å². The normalized spacial score (nSPS) is 29.0. The number of hydrogen-bond acceptors (Lipinski definition) is 3. The van der Waals surface area contributed by atoms with Gasteiger partial charge in [-0.25, -0.2) is 4.79 Å². The first kappa shape index (κ1) is 16.9. The number of thiophene rings is 1. The molecule has 5 nitrogen and oxygen atoms in total. The monoisotopic (exact) mass is 361 g/mol. The van der Waals surface area contributed by atoms with Gasteiger partial charge in [-0.3, -0.25) is 4.79 Å². The van der Waals surface area contributed by atoms with E-state index in [1.807, 2.05) is 22.4 Å². The standard InChI is InChI=1S/C19H27N3O2S/c23-17(20-12-15-7-4-10-25-15)16-11-19(16)8-9-22(13-19)18(24)21-14-5-2-1-3-6-14/h4,7,10,14,16H,1-3,5-6,8-9,11-13H2,(H,20,23)(H,21,24)/t16-,19+/m1/s1. The Labute approximate surface area is 153 Å². The van der Waals surface area contributed by atoms with E-state index in [9.17, 15) is 9.59 Å². The van der Waals surface area contributed by atoms with Crippen molar-refractivity contribution in [3.05, 3.63) is 22.4 Å². The van der Waals surface area contributed by atoms with E-state index in [1.54, 1.807) is 11.3 Å². The van der Waals surface area contributed by atoms with Crippen LogP contribution < -0.4 is 10.6 Å². The van der Waals surface area contributed by atoms with Crippen molar-refractivity contribution >= 4 is 23.3 Å². The van der Waals surface area contributed by atoms with Crippen LogP contribution in [0.3, 0.4) is 0 Å². The van der Waals surface area contributed by atoms with Gasteiger partial charge in [0.2, 0.25) is 5.91 Å². The lowest BCUT2D eigenvalue weighted by atomic mass is 9.96. The number of amides is 3. The lowest BCUT2D eigenvalue weighted by Gasteiger charge is -2.26. The molecule has 1 aliphatic heterocycles. The van der Waals surface area contributed by atoms with Crippen LogP contribution in [0.25, 0.3) is 0 Å². The minimum Gasteiger partial charge on any atom is -0.351 e. The van der Waals surface area contributed by atoms with Gasteiger partial charge in [-0.1, -0.05) is 25.3 Å². The molecule has 2 saturated carbocycles. The molecule has 1 aromatic heterocycles. The van der Waals surface area contributed by atoms with Gasteiger partial charge in [0.15, 0.2) is 0 Å². The summed E-state index contributed by atoms with van der Waals surface area (Å²) in [4.78, 5) is 28.0. The molecule has 0 radical (unpaired) electrons. The second-order valence-corrected chi connectivity index (χ2v) is 8.90. The zero-order chi connectivity index (χ0) is 17.3. The molecule has 1 aromatic rings. The van der Waals surface area contributed by atoms with Crippen LogP contribution in [0.4, 0.5) is 4.79 Å². The third-order valence-corrected chi connectivity index (χ3v) is 7.00. The van der Waals surface area contributed by atoms with E-state index in [-0.39, 0.29) is 23.3 Å². The molecule has 4 rings (SSSR count). The highest BCUT2D eigenvalue weighted by Gasteiger charge is 2.61. The van der Waals surface area contributed by atoms with Gasteiger partial charge in [0, 0.05) is 35.3 Å². The highest BCUT2D eigenvalue weighted by atomic mass is 32.1. The summed E-state index contributed by atoms with van der Waals surface area (Å²) >= 11 is 1.67. The van der Waals surface area contributed by atoms with E-state index in [4.69, 9.17) is 0 Å². The number of hydrogen-bond donors (Lipinski definition) is 2. The van der Waals surface area contributed by atoms with Gasteiger partial charge < -0.3 is 15.5 Å². The Bertz CT molecular complexity index is 627. The van der Waals surface area contributed by atoms with Gasteiger partial charge in [-0.15, -0.1) is 11.3 Å². The minimum absolute atomic E-state index is 0.0451. The molecule has 3 amide bonds. The fraction of sp³-hybridized carbons (Fsp3) is 0.684. The van der Waals surface area contributed by atoms with E-state index >= 15 is 0 Å². The maximum absolute atomic E-state index is 12.5. The fourth-order valence-corrected chi connectivity index (χ4v) is 5.11. The van der Waals surface area contributed by atoms with Gasteiger partial charge in [-0.05, 0) is 37.1 Å². The smallest absolute Gasteiger partial charge is 0.317 e. The van der Waals surface area contributed by atoms with Crippen LogP contribution in [0.15, 0.2) is 17.5 Å². The molecule has 0 bridgehead atoms. The summed E-state index contributed by atoms with van der Waals surface area (Å²) in [5, 5.41) is 8.29. The molecule has 2 N–H and O–H groups in total. The lowest BCUT2D eigenvalue weighted by molar-refractivity contribution is -0.123. The van der Waals surface area contributed by atoms with E-state index in [0.29, 0.717) is 12.6 Å². The summed E-state index contributed by atoms with van der Waals surface area (Å²) in [5.74, 6) is 0.239. The molecule has 1 saturated heterocycles. The van der Waals surface area contributed by atoms with E-state index in [2.05, 4.69) is 10.6 Å². The quantitative estimate of drug-likeness (QED) is 0.865. The number of likely N-dealkylation sites (tertiary alicyclic amines) is 1. The predicted octanol–water partition coefficient (Wildman–Crippen LogP) is 3.12. The summed E-state index contributed by atoms with van der Waals surface area (Å²) in [6.45, 7) is 2.14. The van der Waals surface area contributed by atoms with Gasteiger partial charge in [0.25, 0.3) is 0 Å². The van der Waals surface area contributed by atoms with Gasteiger partial charge in [-0.2, -0.15) is 0 Å². The van der Waals surface area contributed by atoms with Crippen LogP contribution in [-0.4, -0.2) is 36.0 Å².